The number of primary amides is 1. The molecule has 2 aromatic carbocycles. The molecule has 8 nitrogen and oxygen atoms in total. The van der Waals surface area contributed by atoms with Gasteiger partial charge in [0.2, 0.25) is 5.91 Å². The van der Waals surface area contributed by atoms with Crippen molar-refractivity contribution in [3.05, 3.63) is 59.7 Å². The molecule has 0 aliphatic heterocycles. The molecule has 120 valence electrons. The number of anilines is 1. The average molecular weight is 322 g/mol. The Labute approximate surface area is 137 Å². The fourth-order valence-corrected chi connectivity index (χ4v) is 2.23. The highest BCUT2D eigenvalue weighted by Gasteiger charge is 2.11. The van der Waals surface area contributed by atoms with Crippen molar-refractivity contribution in [1.29, 1.82) is 0 Å². The van der Waals surface area contributed by atoms with E-state index in [4.69, 9.17) is 5.73 Å². The topological polar surface area (TPSA) is 116 Å². The zero-order valence-electron chi connectivity index (χ0n) is 12.8. The van der Waals surface area contributed by atoms with Crippen molar-refractivity contribution in [3.8, 4) is 11.4 Å². The van der Waals surface area contributed by atoms with Gasteiger partial charge in [-0.2, -0.15) is 0 Å². The van der Waals surface area contributed by atoms with Crippen molar-refractivity contribution >= 4 is 17.5 Å². The third kappa shape index (κ3) is 3.12. The van der Waals surface area contributed by atoms with E-state index >= 15 is 0 Å². The van der Waals surface area contributed by atoms with Crippen molar-refractivity contribution in [2.75, 3.05) is 5.32 Å². The summed E-state index contributed by atoms with van der Waals surface area (Å²) in [6.07, 6.45) is 0. The number of amides is 2. The van der Waals surface area contributed by atoms with Crippen molar-refractivity contribution in [3.63, 3.8) is 0 Å². The van der Waals surface area contributed by atoms with E-state index in [-0.39, 0.29) is 5.91 Å². The standard InChI is InChI=1S/C16H14N6O2/c1-22-15(19-20-21-22)11-5-2-6-12(8-11)16(24)18-13-7-3-4-10(9-13)14(17)23/h2-9H,1H3,(H2,17,23)(H,18,24). The van der Waals surface area contributed by atoms with Gasteiger partial charge in [-0.05, 0) is 40.8 Å². The van der Waals surface area contributed by atoms with E-state index in [2.05, 4.69) is 20.8 Å². The molecule has 0 aliphatic rings. The molecule has 1 aromatic heterocycles. The molecule has 0 saturated heterocycles. The highest BCUT2D eigenvalue weighted by molar-refractivity contribution is 6.05. The van der Waals surface area contributed by atoms with Gasteiger partial charge in [0.05, 0.1) is 0 Å². The second-order valence-electron chi connectivity index (χ2n) is 5.11. The highest BCUT2D eigenvalue weighted by atomic mass is 16.2. The first-order valence-corrected chi connectivity index (χ1v) is 7.08. The Morgan fingerprint density at radius 2 is 1.83 bits per heavy atom. The smallest absolute Gasteiger partial charge is 0.255 e. The van der Waals surface area contributed by atoms with Crippen LogP contribution in [0.2, 0.25) is 0 Å². The predicted molar refractivity (Wildman–Crippen MR) is 87.1 cm³/mol. The molecule has 0 unspecified atom stereocenters. The lowest BCUT2D eigenvalue weighted by molar-refractivity contribution is 0.0996. The van der Waals surface area contributed by atoms with Crippen LogP contribution in [-0.4, -0.2) is 32.0 Å². The molecule has 0 radical (unpaired) electrons. The largest absolute Gasteiger partial charge is 0.366 e. The number of aromatic nitrogens is 4. The van der Waals surface area contributed by atoms with E-state index in [0.29, 0.717) is 22.6 Å². The number of hydrogen-bond acceptors (Lipinski definition) is 5. The van der Waals surface area contributed by atoms with Gasteiger partial charge in [0.15, 0.2) is 5.82 Å². The fraction of sp³-hybridized carbons (Fsp3) is 0.0625. The lowest BCUT2D eigenvalue weighted by Crippen LogP contribution is -2.14. The second-order valence-corrected chi connectivity index (χ2v) is 5.11. The summed E-state index contributed by atoms with van der Waals surface area (Å²) in [6.45, 7) is 0. The third-order valence-corrected chi connectivity index (χ3v) is 3.41. The quantitative estimate of drug-likeness (QED) is 0.749. The van der Waals surface area contributed by atoms with Crippen LogP contribution in [0.1, 0.15) is 20.7 Å². The molecule has 2 amide bonds. The van der Waals surface area contributed by atoms with Gasteiger partial charge in [-0.1, -0.05) is 18.2 Å². The van der Waals surface area contributed by atoms with Gasteiger partial charge in [0.25, 0.3) is 5.91 Å². The Kier molecular flexibility index (Phi) is 4.02. The van der Waals surface area contributed by atoms with E-state index in [1.807, 2.05) is 6.07 Å². The van der Waals surface area contributed by atoms with E-state index in [9.17, 15) is 9.59 Å². The van der Waals surface area contributed by atoms with Gasteiger partial charge in [0, 0.05) is 29.4 Å². The number of hydrogen-bond donors (Lipinski definition) is 2. The van der Waals surface area contributed by atoms with Crippen LogP contribution in [0.4, 0.5) is 5.69 Å². The average Bonchev–Trinajstić information content (AvgIpc) is 3.01. The summed E-state index contributed by atoms with van der Waals surface area (Å²) in [6, 6.07) is 13.4. The predicted octanol–water partition coefficient (Wildman–Crippen LogP) is 1.23. The SMILES string of the molecule is Cn1nnnc1-c1cccc(C(=O)Nc2cccc(C(N)=O)c2)c1. The summed E-state index contributed by atoms with van der Waals surface area (Å²) in [5.74, 6) is -0.308. The Balaban J connectivity index is 1.84. The van der Waals surface area contributed by atoms with E-state index in [0.717, 1.165) is 5.56 Å². The van der Waals surface area contributed by atoms with Gasteiger partial charge in [0.1, 0.15) is 0 Å². The number of nitrogens with one attached hydrogen (secondary N) is 1. The number of tetrazole rings is 1. The molecule has 0 fully saturated rings. The Morgan fingerprint density at radius 1 is 1.08 bits per heavy atom. The summed E-state index contributed by atoms with van der Waals surface area (Å²) in [4.78, 5) is 23.6. The zero-order valence-corrected chi connectivity index (χ0v) is 12.8. The maximum atomic E-state index is 12.4. The summed E-state index contributed by atoms with van der Waals surface area (Å²) in [5.41, 5.74) is 7.22. The highest BCUT2D eigenvalue weighted by Crippen LogP contribution is 2.18. The first kappa shape index (κ1) is 15.3. The molecule has 24 heavy (non-hydrogen) atoms. The fourth-order valence-electron chi connectivity index (χ4n) is 2.23. The van der Waals surface area contributed by atoms with E-state index in [1.54, 1.807) is 43.4 Å². The maximum absolute atomic E-state index is 12.4. The van der Waals surface area contributed by atoms with Gasteiger partial charge in [-0.25, -0.2) is 4.68 Å². The number of nitrogens with two attached hydrogens (primary N) is 1. The Morgan fingerprint density at radius 3 is 2.54 bits per heavy atom. The number of nitrogens with zero attached hydrogens (tertiary/aromatic N) is 4. The monoisotopic (exact) mass is 322 g/mol. The lowest BCUT2D eigenvalue weighted by atomic mass is 10.1. The minimum atomic E-state index is -0.553. The first-order valence-electron chi connectivity index (χ1n) is 7.08. The lowest BCUT2D eigenvalue weighted by Gasteiger charge is -2.07. The van der Waals surface area contributed by atoms with Crippen molar-refractivity contribution in [2.45, 2.75) is 0 Å². The normalized spacial score (nSPS) is 10.4. The van der Waals surface area contributed by atoms with Crippen LogP contribution < -0.4 is 11.1 Å². The molecule has 0 saturated carbocycles. The summed E-state index contributed by atoms with van der Waals surface area (Å²) in [7, 11) is 1.72. The molecule has 0 bridgehead atoms. The molecule has 8 heteroatoms. The van der Waals surface area contributed by atoms with Crippen molar-refractivity contribution in [1.82, 2.24) is 20.2 Å². The molecule has 3 N–H and O–H groups in total. The van der Waals surface area contributed by atoms with E-state index in [1.165, 1.54) is 10.7 Å². The number of carbonyl (C=O) groups excluding carboxylic acids is 2. The van der Waals surface area contributed by atoms with Crippen molar-refractivity contribution in [2.24, 2.45) is 12.8 Å². The summed E-state index contributed by atoms with van der Waals surface area (Å²) >= 11 is 0. The van der Waals surface area contributed by atoms with Crippen molar-refractivity contribution < 1.29 is 9.59 Å². The number of aryl methyl sites for hydroxylation is 1. The van der Waals surface area contributed by atoms with Crippen LogP contribution >= 0.6 is 0 Å². The molecular weight excluding hydrogens is 308 g/mol. The first-order chi connectivity index (χ1) is 11.5. The van der Waals surface area contributed by atoms with Crippen LogP contribution in [-0.2, 0) is 7.05 Å². The molecular formula is C16H14N6O2. The third-order valence-electron chi connectivity index (χ3n) is 3.41. The van der Waals surface area contributed by atoms with Gasteiger partial charge in [-0.3, -0.25) is 9.59 Å². The molecule has 3 rings (SSSR count). The minimum absolute atomic E-state index is 0.311. The summed E-state index contributed by atoms with van der Waals surface area (Å²) < 4.78 is 1.52. The number of rotatable bonds is 4. The molecule has 1 heterocycles. The second kappa shape index (κ2) is 6.29. The summed E-state index contributed by atoms with van der Waals surface area (Å²) in [5, 5.41) is 14.0. The number of benzene rings is 2. The zero-order chi connectivity index (χ0) is 17.1. The molecule has 3 aromatic rings. The van der Waals surface area contributed by atoms with Gasteiger partial charge < -0.3 is 11.1 Å². The van der Waals surface area contributed by atoms with Crippen LogP contribution in [0.15, 0.2) is 48.5 Å². The minimum Gasteiger partial charge on any atom is -0.366 e. The van der Waals surface area contributed by atoms with Gasteiger partial charge in [-0.15, -0.1) is 5.10 Å². The van der Waals surface area contributed by atoms with Crippen LogP contribution in [0.5, 0.6) is 0 Å². The number of carbonyl (C=O) groups is 2. The van der Waals surface area contributed by atoms with E-state index < -0.39 is 5.91 Å². The van der Waals surface area contributed by atoms with Gasteiger partial charge >= 0.3 is 0 Å². The molecule has 0 atom stereocenters. The van der Waals surface area contributed by atoms with Crippen LogP contribution in [0.3, 0.4) is 0 Å². The van der Waals surface area contributed by atoms with Crippen LogP contribution in [0, 0.1) is 0 Å². The molecule has 0 spiro atoms. The van der Waals surface area contributed by atoms with Crippen LogP contribution in [0.25, 0.3) is 11.4 Å². The Bertz CT molecular complexity index is 918. The maximum Gasteiger partial charge on any atom is 0.255 e. The Hall–Kier alpha value is -3.55. The molecule has 0 aliphatic carbocycles.